The van der Waals surface area contributed by atoms with Gasteiger partial charge in [-0.3, -0.25) is 9.55 Å². The van der Waals surface area contributed by atoms with Gasteiger partial charge in [0.1, 0.15) is 5.25 Å². The third-order valence-electron chi connectivity index (χ3n) is 1.19. The Kier molecular flexibility index (Phi) is 1.87. The van der Waals surface area contributed by atoms with Crippen LogP contribution in [0.2, 0.25) is 0 Å². The van der Waals surface area contributed by atoms with Crippen molar-refractivity contribution >= 4 is 16.3 Å². The SMILES string of the molecule is O=S(=O)(O)C1C=CC=NC1. The normalized spacial score (nSPS) is 25.1. The molecule has 0 aromatic heterocycles. The second kappa shape index (κ2) is 2.51. The predicted molar refractivity (Wildman–Crippen MR) is 37.8 cm³/mol. The van der Waals surface area contributed by atoms with Crippen molar-refractivity contribution in [1.29, 1.82) is 0 Å². The third-order valence-corrected chi connectivity index (χ3v) is 2.26. The summed E-state index contributed by atoms with van der Waals surface area (Å²) >= 11 is 0. The molecule has 1 rings (SSSR count). The second-order valence-electron chi connectivity index (χ2n) is 1.95. The largest absolute Gasteiger partial charge is 0.291 e. The van der Waals surface area contributed by atoms with Crippen LogP contribution in [0.3, 0.4) is 0 Å². The molecule has 0 bridgehead atoms. The predicted octanol–water partition coefficient (Wildman–Crippen LogP) is -0.117. The van der Waals surface area contributed by atoms with Crippen LogP contribution in [0.5, 0.6) is 0 Å². The first kappa shape index (κ1) is 7.43. The summed E-state index contributed by atoms with van der Waals surface area (Å²) in [6.45, 7) is 0.120. The van der Waals surface area contributed by atoms with Crippen LogP contribution in [0.4, 0.5) is 0 Å². The quantitative estimate of drug-likeness (QED) is 0.545. The molecule has 0 saturated heterocycles. The van der Waals surface area contributed by atoms with Crippen LogP contribution in [-0.2, 0) is 10.1 Å². The molecule has 0 saturated carbocycles. The summed E-state index contributed by atoms with van der Waals surface area (Å²) in [5.41, 5.74) is 0. The Morgan fingerprint density at radius 3 is 2.60 bits per heavy atom. The van der Waals surface area contributed by atoms with Crippen molar-refractivity contribution < 1.29 is 13.0 Å². The highest BCUT2D eigenvalue weighted by Gasteiger charge is 2.19. The molecule has 56 valence electrons. The lowest BCUT2D eigenvalue weighted by molar-refractivity contribution is 0.475. The minimum atomic E-state index is -3.93. The lowest BCUT2D eigenvalue weighted by Gasteiger charge is -2.07. The summed E-state index contributed by atoms with van der Waals surface area (Å²) < 4.78 is 29.3. The van der Waals surface area contributed by atoms with Gasteiger partial charge in [-0.2, -0.15) is 8.42 Å². The Labute approximate surface area is 59.0 Å². The van der Waals surface area contributed by atoms with E-state index in [2.05, 4.69) is 4.99 Å². The summed E-state index contributed by atoms with van der Waals surface area (Å²) in [5, 5.41) is -0.850. The van der Waals surface area contributed by atoms with Gasteiger partial charge in [0.05, 0.1) is 6.54 Å². The summed E-state index contributed by atoms with van der Waals surface area (Å²) in [4.78, 5) is 3.67. The van der Waals surface area contributed by atoms with E-state index in [0.717, 1.165) is 0 Å². The van der Waals surface area contributed by atoms with E-state index in [9.17, 15) is 8.42 Å². The molecule has 0 spiro atoms. The fraction of sp³-hybridized carbons (Fsp3) is 0.400. The Morgan fingerprint density at radius 2 is 2.30 bits per heavy atom. The van der Waals surface area contributed by atoms with Gasteiger partial charge in [-0.25, -0.2) is 0 Å². The first-order chi connectivity index (χ1) is 4.61. The number of dihydropyridines is 1. The van der Waals surface area contributed by atoms with Crippen LogP contribution in [0.15, 0.2) is 17.1 Å². The molecule has 0 aromatic carbocycles. The lowest BCUT2D eigenvalue weighted by atomic mass is 10.3. The average Bonchev–Trinajstić information content (AvgIpc) is 1.88. The first-order valence-electron chi connectivity index (χ1n) is 2.73. The molecule has 0 amide bonds. The fourth-order valence-corrected chi connectivity index (χ4v) is 1.22. The van der Waals surface area contributed by atoms with Gasteiger partial charge in [-0.05, 0) is 6.08 Å². The molecule has 1 atom stereocenters. The third kappa shape index (κ3) is 1.65. The highest BCUT2D eigenvalue weighted by molar-refractivity contribution is 7.86. The number of allylic oxidation sites excluding steroid dienone is 1. The number of rotatable bonds is 1. The zero-order valence-corrected chi connectivity index (χ0v) is 5.95. The molecule has 1 unspecified atom stereocenters. The monoisotopic (exact) mass is 161 g/mol. The number of aliphatic imine (C=N–C) groups is 1. The second-order valence-corrected chi connectivity index (χ2v) is 3.59. The minimum Gasteiger partial charge on any atom is -0.291 e. The van der Waals surface area contributed by atoms with E-state index in [1.807, 2.05) is 0 Å². The van der Waals surface area contributed by atoms with E-state index in [-0.39, 0.29) is 6.54 Å². The van der Waals surface area contributed by atoms with Crippen LogP contribution in [-0.4, -0.2) is 31.0 Å². The van der Waals surface area contributed by atoms with Crippen LogP contribution in [0.25, 0.3) is 0 Å². The van der Waals surface area contributed by atoms with Gasteiger partial charge < -0.3 is 0 Å². The molecule has 4 nitrogen and oxygen atoms in total. The first-order valence-corrected chi connectivity index (χ1v) is 4.24. The van der Waals surface area contributed by atoms with Crippen molar-refractivity contribution in [3.05, 3.63) is 12.2 Å². The maximum Gasteiger partial charge on any atom is 0.273 e. The molecule has 10 heavy (non-hydrogen) atoms. The number of nitrogens with zero attached hydrogens (tertiary/aromatic N) is 1. The molecule has 0 aromatic rings. The van der Waals surface area contributed by atoms with Gasteiger partial charge in [0.2, 0.25) is 0 Å². The summed E-state index contributed by atoms with van der Waals surface area (Å²) in [6, 6.07) is 0. The van der Waals surface area contributed by atoms with Crippen molar-refractivity contribution in [3.63, 3.8) is 0 Å². The van der Waals surface area contributed by atoms with Crippen molar-refractivity contribution in [2.75, 3.05) is 6.54 Å². The molecule has 1 aliphatic heterocycles. The molecule has 5 heteroatoms. The van der Waals surface area contributed by atoms with Gasteiger partial charge >= 0.3 is 0 Å². The van der Waals surface area contributed by atoms with Crippen LogP contribution >= 0.6 is 0 Å². The zero-order valence-electron chi connectivity index (χ0n) is 5.14. The highest BCUT2D eigenvalue weighted by Crippen LogP contribution is 2.03. The molecule has 1 heterocycles. The summed E-state index contributed by atoms with van der Waals surface area (Å²) in [5.74, 6) is 0. The van der Waals surface area contributed by atoms with Crippen molar-refractivity contribution in [2.45, 2.75) is 5.25 Å². The molecule has 0 fully saturated rings. The Morgan fingerprint density at radius 1 is 1.60 bits per heavy atom. The smallest absolute Gasteiger partial charge is 0.273 e. The van der Waals surface area contributed by atoms with Crippen molar-refractivity contribution in [2.24, 2.45) is 4.99 Å². The van der Waals surface area contributed by atoms with Gasteiger partial charge in [0.25, 0.3) is 10.1 Å². The topological polar surface area (TPSA) is 66.7 Å². The van der Waals surface area contributed by atoms with E-state index >= 15 is 0 Å². The van der Waals surface area contributed by atoms with Crippen LogP contribution < -0.4 is 0 Å². The maximum absolute atomic E-state index is 10.4. The average molecular weight is 161 g/mol. The molecular formula is C5H7NO3S. The summed E-state index contributed by atoms with van der Waals surface area (Å²) in [7, 11) is -3.93. The Hall–Kier alpha value is -0.680. The van der Waals surface area contributed by atoms with E-state index < -0.39 is 15.4 Å². The Bertz CT molecular complexity index is 265. The molecule has 0 radical (unpaired) electrons. The molecule has 1 aliphatic rings. The summed E-state index contributed by atoms with van der Waals surface area (Å²) in [6.07, 6.45) is 4.41. The van der Waals surface area contributed by atoms with Crippen LogP contribution in [0, 0.1) is 0 Å². The lowest BCUT2D eigenvalue weighted by Crippen LogP contribution is -2.22. The van der Waals surface area contributed by atoms with Crippen molar-refractivity contribution in [3.8, 4) is 0 Å². The maximum atomic E-state index is 10.4. The molecular weight excluding hydrogens is 154 g/mol. The zero-order chi connectivity index (χ0) is 7.61. The number of hydrogen-bond acceptors (Lipinski definition) is 3. The van der Waals surface area contributed by atoms with Crippen LogP contribution in [0.1, 0.15) is 0 Å². The standard InChI is InChI=1S/C5H7NO3S/c7-10(8,9)5-2-1-3-6-4-5/h1-3,5H,4H2,(H,7,8,9). The Balaban J connectivity index is 2.79. The van der Waals surface area contributed by atoms with E-state index in [1.54, 1.807) is 0 Å². The van der Waals surface area contributed by atoms with E-state index in [1.165, 1.54) is 18.4 Å². The van der Waals surface area contributed by atoms with Gasteiger partial charge in [0.15, 0.2) is 0 Å². The van der Waals surface area contributed by atoms with E-state index in [0.29, 0.717) is 0 Å². The van der Waals surface area contributed by atoms with Crippen molar-refractivity contribution in [1.82, 2.24) is 0 Å². The minimum absolute atomic E-state index is 0.120. The number of hydrogen-bond donors (Lipinski definition) is 1. The van der Waals surface area contributed by atoms with Gasteiger partial charge in [0, 0.05) is 6.21 Å². The van der Waals surface area contributed by atoms with Gasteiger partial charge in [-0.1, -0.05) is 6.08 Å². The highest BCUT2D eigenvalue weighted by atomic mass is 32.2. The molecule has 0 aliphatic carbocycles. The fourth-order valence-electron chi connectivity index (χ4n) is 0.654. The van der Waals surface area contributed by atoms with E-state index in [4.69, 9.17) is 4.55 Å². The van der Waals surface area contributed by atoms with Gasteiger partial charge in [-0.15, -0.1) is 0 Å². The molecule has 1 N–H and O–H groups in total.